The summed E-state index contributed by atoms with van der Waals surface area (Å²) in [4.78, 5) is 28.6. The first kappa shape index (κ1) is 29.3. The molecule has 0 saturated carbocycles. The summed E-state index contributed by atoms with van der Waals surface area (Å²) >= 11 is 6.16. The van der Waals surface area contributed by atoms with E-state index in [-0.39, 0.29) is 23.9 Å². The van der Waals surface area contributed by atoms with Gasteiger partial charge in [0.05, 0.1) is 6.54 Å². The van der Waals surface area contributed by atoms with E-state index < -0.39 is 11.9 Å². The molecule has 5 rings (SSSR count). The third-order valence-corrected chi connectivity index (χ3v) is 7.47. The van der Waals surface area contributed by atoms with Crippen molar-refractivity contribution in [3.63, 3.8) is 0 Å². The monoisotopic (exact) mass is 588 g/mol. The number of anilines is 4. The van der Waals surface area contributed by atoms with Crippen LogP contribution in [0.2, 0.25) is 5.02 Å². The number of aromatic nitrogens is 2. The van der Waals surface area contributed by atoms with Gasteiger partial charge < -0.3 is 19.9 Å². The Balaban J connectivity index is 1.43. The molecule has 0 unspecified atom stereocenters. The SMILES string of the molecule is Cc1cc(C)c(OC(=O)N(Cc2cc(Cl)ccc2F)c2ccnc(Nc3cccc(N4CCN(C)CC4)c3)n2)c(C)c1. The maximum Gasteiger partial charge on any atom is 0.421 e. The number of hydrogen-bond donors (Lipinski definition) is 1. The number of halogens is 2. The van der Waals surface area contributed by atoms with Gasteiger partial charge in [0.1, 0.15) is 17.4 Å². The molecule has 0 spiro atoms. The number of carbonyl (C=O) groups excluding carboxylic acids is 1. The Bertz CT molecular complexity index is 1570. The number of carbonyl (C=O) groups is 1. The molecule has 0 atom stereocenters. The first-order chi connectivity index (χ1) is 20.2. The minimum atomic E-state index is -0.703. The number of likely N-dealkylation sites (N-methyl/N-ethyl adjacent to an activating group) is 1. The maximum atomic E-state index is 14.8. The molecule has 0 bridgehead atoms. The Morgan fingerprint density at radius 3 is 2.50 bits per heavy atom. The third kappa shape index (κ3) is 6.98. The summed E-state index contributed by atoms with van der Waals surface area (Å²) in [6, 6.07) is 17.8. The molecular weight excluding hydrogens is 555 g/mol. The van der Waals surface area contributed by atoms with Crippen molar-refractivity contribution in [1.29, 1.82) is 0 Å². The molecule has 4 aromatic rings. The van der Waals surface area contributed by atoms with E-state index in [1.165, 1.54) is 23.1 Å². The number of piperazine rings is 1. The minimum Gasteiger partial charge on any atom is -0.409 e. The number of nitrogens with one attached hydrogen (secondary N) is 1. The van der Waals surface area contributed by atoms with Gasteiger partial charge in [-0.15, -0.1) is 0 Å². The molecule has 1 aromatic heterocycles. The fraction of sp³-hybridized carbons (Fsp3) is 0.281. The van der Waals surface area contributed by atoms with Gasteiger partial charge in [0.2, 0.25) is 5.95 Å². The lowest BCUT2D eigenvalue weighted by atomic mass is 10.1. The Morgan fingerprint density at radius 2 is 1.76 bits per heavy atom. The molecule has 1 fully saturated rings. The van der Waals surface area contributed by atoms with Crippen LogP contribution in [-0.2, 0) is 6.54 Å². The zero-order chi connectivity index (χ0) is 29.8. The van der Waals surface area contributed by atoms with Crippen molar-refractivity contribution in [2.75, 3.05) is 48.3 Å². The molecule has 0 aliphatic carbocycles. The second-order valence-electron chi connectivity index (χ2n) is 10.6. The van der Waals surface area contributed by atoms with Crippen LogP contribution >= 0.6 is 11.6 Å². The quantitative estimate of drug-likeness (QED) is 0.252. The fourth-order valence-electron chi connectivity index (χ4n) is 5.08. The van der Waals surface area contributed by atoms with Crippen molar-refractivity contribution in [1.82, 2.24) is 14.9 Å². The zero-order valence-electron chi connectivity index (χ0n) is 24.2. The summed E-state index contributed by atoms with van der Waals surface area (Å²) in [5, 5.41) is 3.61. The summed E-state index contributed by atoms with van der Waals surface area (Å²) in [7, 11) is 2.13. The van der Waals surface area contributed by atoms with Crippen LogP contribution in [-0.4, -0.2) is 54.2 Å². The lowest BCUT2D eigenvalue weighted by Gasteiger charge is -2.34. The highest BCUT2D eigenvalue weighted by molar-refractivity contribution is 6.30. The number of aryl methyl sites for hydroxylation is 3. The van der Waals surface area contributed by atoms with Crippen LogP contribution < -0.4 is 19.9 Å². The van der Waals surface area contributed by atoms with Gasteiger partial charge in [-0.2, -0.15) is 4.98 Å². The average molecular weight is 589 g/mol. The van der Waals surface area contributed by atoms with Gasteiger partial charge >= 0.3 is 6.09 Å². The van der Waals surface area contributed by atoms with E-state index >= 15 is 0 Å². The third-order valence-electron chi connectivity index (χ3n) is 7.24. The molecule has 42 heavy (non-hydrogen) atoms. The van der Waals surface area contributed by atoms with Gasteiger partial charge in [-0.25, -0.2) is 14.2 Å². The average Bonchev–Trinajstić information content (AvgIpc) is 2.96. The number of ether oxygens (including phenoxy) is 1. The summed E-state index contributed by atoms with van der Waals surface area (Å²) in [6.07, 6.45) is 0.845. The van der Waals surface area contributed by atoms with Crippen LogP contribution in [0.5, 0.6) is 5.75 Å². The number of hydrogen-bond acceptors (Lipinski definition) is 7. The standard InChI is InChI=1S/C32H34ClFN6O2/c1-21-16-22(2)30(23(3)17-21)42-32(41)40(20-24-18-25(33)8-9-28(24)34)29-10-11-35-31(37-29)36-26-6-5-7-27(19-26)39-14-12-38(4)13-15-39/h5-11,16-19H,12-15,20H2,1-4H3,(H,35,36,37). The van der Waals surface area contributed by atoms with Gasteiger partial charge in [0, 0.05) is 54.3 Å². The van der Waals surface area contributed by atoms with Gasteiger partial charge in [-0.3, -0.25) is 4.90 Å². The van der Waals surface area contributed by atoms with E-state index in [0.717, 1.165) is 54.2 Å². The molecule has 1 N–H and O–H groups in total. The van der Waals surface area contributed by atoms with Crippen molar-refractivity contribution in [3.8, 4) is 5.75 Å². The number of nitrogens with zero attached hydrogens (tertiary/aromatic N) is 5. The fourth-order valence-corrected chi connectivity index (χ4v) is 5.27. The summed E-state index contributed by atoms with van der Waals surface area (Å²) in [5.41, 5.74) is 4.84. The van der Waals surface area contributed by atoms with Crippen molar-refractivity contribution in [2.45, 2.75) is 27.3 Å². The first-order valence-corrected chi connectivity index (χ1v) is 14.2. The smallest absolute Gasteiger partial charge is 0.409 e. The number of amides is 1. The van der Waals surface area contributed by atoms with Crippen molar-refractivity contribution >= 4 is 40.8 Å². The van der Waals surface area contributed by atoms with Gasteiger partial charge in [-0.1, -0.05) is 35.4 Å². The summed E-state index contributed by atoms with van der Waals surface area (Å²) in [6.45, 7) is 9.50. The Kier molecular flexibility index (Phi) is 8.89. The summed E-state index contributed by atoms with van der Waals surface area (Å²) < 4.78 is 20.7. The predicted molar refractivity (Wildman–Crippen MR) is 166 cm³/mol. The lowest BCUT2D eigenvalue weighted by Crippen LogP contribution is -2.44. The highest BCUT2D eigenvalue weighted by Gasteiger charge is 2.24. The molecule has 10 heteroatoms. The van der Waals surface area contributed by atoms with Crippen molar-refractivity contribution < 1.29 is 13.9 Å². The molecule has 1 aliphatic heterocycles. The number of rotatable bonds is 7. The van der Waals surface area contributed by atoms with E-state index in [1.807, 2.05) is 45.0 Å². The largest absolute Gasteiger partial charge is 0.421 e. The van der Waals surface area contributed by atoms with Crippen LogP contribution in [0.3, 0.4) is 0 Å². The van der Waals surface area contributed by atoms with E-state index in [0.29, 0.717) is 10.8 Å². The molecule has 8 nitrogen and oxygen atoms in total. The molecular formula is C32H34ClFN6O2. The zero-order valence-corrected chi connectivity index (χ0v) is 25.0. The van der Waals surface area contributed by atoms with Gasteiger partial charge in [-0.05, 0) is 81.4 Å². The van der Waals surface area contributed by atoms with Crippen LogP contribution in [0.25, 0.3) is 0 Å². The van der Waals surface area contributed by atoms with Crippen LogP contribution in [0.4, 0.5) is 32.3 Å². The topological polar surface area (TPSA) is 73.8 Å². The van der Waals surface area contributed by atoms with Crippen molar-refractivity contribution in [2.24, 2.45) is 0 Å². The molecule has 218 valence electrons. The summed E-state index contributed by atoms with van der Waals surface area (Å²) in [5.74, 6) is 0.493. The normalized spacial score (nSPS) is 13.6. The molecule has 1 aliphatic rings. The molecule has 1 amide bonds. The molecule has 3 aromatic carbocycles. The highest BCUT2D eigenvalue weighted by atomic mass is 35.5. The predicted octanol–water partition coefficient (Wildman–Crippen LogP) is 6.90. The van der Waals surface area contributed by atoms with Gasteiger partial charge in [0.15, 0.2) is 0 Å². The second-order valence-corrected chi connectivity index (χ2v) is 11.1. The lowest BCUT2D eigenvalue weighted by molar-refractivity contribution is 0.206. The molecule has 1 saturated heterocycles. The molecule has 0 radical (unpaired) electrons. The van der Waals surface area contributed by atoms with Crippen LogP contribution in [0, 0.1) is 26.6 Å². The number of benzene rings is 3. The molecule has 2 heterocycles. The Hall–Kier alpha value is -4.21. The highest BCUT2D eigenvalue weighted by Crippen LogP contribution is 2.28. The second kappa shape index (κ2) is 12.8. The first-order valence-electron chi connectivity index (χ1n) is 13.8. The van der Waals surface area contributed by atoms with E-state index in [4.69, 9.17) is 16.3 Å². The van der Waals surface area contributed by atoms with Crippen molar-refractivity contribution in [3.05, 3.63) is 100.0 Å². The van der Waals surface area contributed by atoms with Gasteiger partial charge in [0.25, 0.3) is 0 Å². The Morgan fingerprint density at radius 1 is 1.02 bits per heavy atom. The van der Waals surface area contributed by atoms with E-state index in [2.05, 4.69) is 44.3 Å². The van der Waals surface area contributed by atoms with E-state index in [9.17, 15) is 9.18 Å². The maximum absolute atomic E-state index is 14.8. The Labute approximate surface area is 250 Å². The van der Waals surface area contributed by atoms with Crippen LogP contribution in [0.1, 0.15) is 22.3 Å². The minimum absolute atomic E-state index is 0.148. The van der Waals surface area contributed by atoms with Crippen LogP contribution in [0.15, 0.2) is 66.9 Å². The van der Waals surface area contributed by atoms with E-state index in [1.54, 1.807) is 12.3 Å².